The molecule has 0 aliphatic heterocycles. The summed E-state index contributed by atoms with van der Waals surface area (Å²) in [6, 6.07) is 21.4. The Kier molecular flexibility index (Phi) is 9.50. The number of amides is 2. The zero-order chi connectivity index (χ0) is 27.2. The van der Waals surface area contributed by atoms with Gasteiger partial charge in [-0.1, -0.05) is 64.0 Å². The lowest BCUT2D eigenvalue weighted by atomic mass is 10.1. The van der Waals surface area contributed by atoms with Crippen molar-refractivity contribution in [2.75, 3.05) is 10.8 Å². The minimum absolute atomic E-state index is 0.0707. The van der Waals surface area contributed by atoms with Crippen LogP contribution in [0.25, 0.3) is 0 Å². The van der Waals surface area contributed by atoms with Gasteiger partial charge in [0.1, 0.15) is 12.6 Å². The largest absolute Gasteiger partial charge is 0.352 e. The molecule has 37 heavy (non-hydrogen) atoms. The van der Waals surface area contributed by atoms with Crippen LogP contribution in [0.5, 0.6) is 0 Å². The van der Waals surface area contributed by atoms with E-state index in [0.717, 1.165) is 19.9 Å². The van der Waals surface area contributed by atoms with E-state index >= 15 is 0 Å². The van der Waals surface area contributed by atoms with E-state index in [0.29, 0.717) is 5.69 Å². The summed E-state index contributed by atoms with van der Waals surface area (Å²) in [7, 11) is -4.07. The molecule has 3 aromatic carbocycles. The number of rotatable bonds is 10. The molecule has 1 N–H and O–H groups in total. The fourth-order valence-corrected chi connectivity index (χ4v) is 5.43. The lowest BCUT2D eigenvalue weighted by molar-refractivity contribution is -0.139. The van der Waals surface area contributed by atoms with Gasteiger partial charge in [-0.15, -0.1) is 0 Å². The standard InChI is InChI=1S/C28H32BrN3O4S/c1-20(2)30-28(34)22(4)31(18-23-12-10-21(3)11-13-23)27(33)19-32(25-16-14-24(29)15-17-25)37(35,36)26-8-6-5-7-9-26/h5-17,20,22H,18-19H2,1-4H3,(H,30,34)/t22-/m1/s1. The van der Waals surface area contributed by atoms with Crippen molar-refractivity contribution in [1.82, 2.24) is 10.2 Å². The van der Waals surface area contributed by atoms with Crippen molar-refractivity contribution in [1.29, 1.82) is 0 Å². The van der Waals surface area contributed by atoms with Crippen LogP contribution in [0.15, 0.2) is 88.2 Å². The molecule has 0 fully saturated rings. The molecule has 0 heterocycles. The highest BCUT2D eigenvalue weighted by atomic mass is 79.9. The molecule has 0 aromatic heterocycles. The maximum atomic E-state index is 13.8. The van der Waals surface area contributed by atoms with Gasteiger partial charge in [-0.2, -0.15) is 0 Å². The van der Waals surface area contributed by atoms with Gasteiger partial charge in [-0.25, -0.2) is 8.42 Å². The van der Waals surface area contributed by atoms with Crippen LogP contribution in [-0.2, 0) is 26.2 Å². The Morgan fingerprint density at radius 3 is 2.05 bits per heavy atom. The molecule has 2 amide bonds. The molecule has 0 bridgehead atoms. The number of nitrogens with one attached hydrogen (secondary N) is 1. The molecule has 1 atom stereocenters. The number of hydrogen-bond acceptors (Lipinski definition) is 4. The van der Waals surface area contributed by atoms with Crippen LogP contribution in [0.1, 0.15) is 31.9 Å². The number of carbonyl (C=O) groups is 2. The van der Waals surface area contributed by atoms with Crippen molar-refractivity contribution in [2.24, 2.45) is 0 Å². The molecule has 0 unspecified atom stereocenters. The Labute approximate surface area is 227 Å². The van der Waals surface area contributed by atoms with Crippen LogP contribution < -0.4 is 9.62 Å². The van der Waals surface area contributed by atoms with Crippen molar-refractivity contribution >= 4 is 43.5 Å². The van der Waals surface area contributed by atoms with E-state index in [1.165, 1.54) is 17.0 Å². The molecule has 0 saturated carbocycles. The lowest BCUT2D eigenvalue weighted by Crippen LogP contribution is -2.52. The molecule has 3 rings (SSSR count). The summed E-state index contributed by atoms with van der Waals surface area (Å²) < 4.78 is 29.2. The average molecular weight is 587 g/mol. The minimum Gasteiger partial charge on any atom is -0.352 e. The first-order valence-electron chi connectivity index (χ1n) is 12.0. The summed E-state index contributed by atoms with van der Waals surface area (Å²) in [5.41, 5.74) is 2.25. The second-order valence-electron chi connectivity index (χ2n) is 9.15. The van der Waals surface area contributed by atoms with E-state index in [9.17, 15) is 18.0 Å². The molecular formula is C28H32BrN3O4S. The number of aryl methyl sites for hydroxylation is 1. The van der Waals surface area contributed by atoms with E-state index in [4.69, 9.17) is 0 Å². The maximum absolute atomic E-state index is 13.8. The summed E-state index contributed by atoms with van der Waals surface area (Å²) in [4.78, 5) is 28.2. The first-order chi connectivity index (χ1) is 17.5. The third kappa shape index (κ3) is 7.42. The maximum Gasteiger partial charge on any atom is 0.264 e. The van der Waals surface area contributed by atoms with E-state index in [2.05, 4.69) is 21.2 Å². The molecule has 9 heteroatoms. The monoisotopic (exact) mass is 585 g/mol. The second-order valence-corrected chi connectivity index (χ2v) is 11.9. The average Bonchev–Trinajstić information content (AvgIpc) is 2.87. The highest BCUT2D eigenvalue weighted by Crippen LogP contribution is 2.26. The van der Waals surface area contributed by atoms with Crippen molar-refractivity contribution in [3.63, 3.8) is 0 Å². The number of nitrogens with zero attached hydrogens (tertiary/aromatic N) is 2. The van der Waals surface area contributed by atoms with Crippen molar-refractivity contribution in [2.45, 2.75) is 51.2 Å². The molecule has 0 spiro atoms. The third-order valence-corrected chi connectivity index (χ3v) is 8.11. The number of sulfonamides is 1. The molecule has 7 nitrogen and oxygen atoms in total. The Bertz CT molecular complexity index is 1310. The number of anilines is 1. The molecule has 0 radical (unpaired) electrons. The Hall–Kier alpha value is -3.17. The van der Waals surface area contributed by atoms with Crippen LogP contribution in [0.3, 0.4) is 0 Å². The summed E-state index contributed by atoms with van der Waals surface area (Å²) in [5, 5.41) is 2.85. The summed E-state index contributed by atoms with van der Waals surface area (Å²) in [6.45, 7) is 7.00. The lowest BCUT2D eigenvalue weighted by Gasteiger charge is -2.32. The summed E-state index contributed by atoms with van der Waals surface area (Å²) in [5.74, 6) is -0.800. The van der Waals surface area contributed by atoms with Crippen molar-refractivity contribution in [3.8, 4) is 0 Å². The van der Waals surface area contributed by atoms with Crippen LogP contribution in [0.2, 0.25) is 0 Å². The highest BCUT2D eigenvalue weighted by Gasteiger charge is 2.32. The Morgan fingerprint density at radius 2 is 1.49 bits per heavy atom. The predicted octanol–water partition coefficient (Wildman–Crippen LogP) is 4.89. The van der Waals surface area contributed by atoms with E-state index in [1.54, 1.807) is 49.4 Å². The Balaban J connectivity index is 2.00. The molecule has 0 aliphatic rings. The van der Waals surface area contributed by atoms with Gasteiger partial charge in [0.2, 0.25) is 11.8 Å². The summed E-state index contributed by atoms with van der Waals surface area (Å²) >= 11 is 3.37. The van der Waals surface area contributed by atoms with Gasteiger partial charge in [0.25, 0.3) is 10.0 Å². The highest BCUT2D eigenvalue weighted by molar-refractivity contribution is 9.10. The zero-order valence-electron chi connectivity index (χ0n) is 21.4. The van der Waals surface area contributed by atoms with E-state index < -0.39 is 28.5 Å². The van der Waals surface area contributed by atoms with Gasteiger partial charge in [-0.3, -0.25) is 13.9 Å². The normalized spacial score (nSPS) is 12.2. The van der Waals surface area contributed by atoms with Crippen molar-refractivity contribution in [3.05, 3.63) is 94.5 Å². The van der Waals surface area contributed by atoms with Crippen LogP contribution in [0.4, 0.5) is 5.69 Å². The number of carbonyl (C=O) groups excluding carboxylic acids is 2. The first-order valence-corrected chi connectivity index (χ1v) is 14.2. The SMILES string of the molecule is Cc1ccc(CN(C(=O)CN(c2ccc(Br)cc2)S(=O)(=O)c2ccccc2)[C@H](C)C(=O)NC(C)C)cc1. The third-order valence-electron chi connectivity index (χ3n) is 5.80. The molecule has 3 aromatic rings. The molecular weight excluding hydrogens is 554 g/mol. The predicted molar refractivity (Wildman–Crippen MR) is 150 cm³/mol. The van der Waals surface area contributed by atoms with Gasteiger partial charge in [0.15, 0.2) is 0 Å². The molecule has 0 aliphatic carbocycles. The quantitative estimate of drug-likeness (QED) is 0.367. The number of benzene rings is 3. The zero-order valence-corrected chi connectivity index (χ0v) is 23.8. The van der Waals surface area contributed by atoms with Gasteiger partial charge in [0, 0.05) is 17.1 Å². The van der Waals surface area contributed by atoms with Crippen LogP contribution in [-0.4, -0.2) is 43.8 Å². The van der Waals surface area contributed by atoms with Gasteiger partial charge in [-0.05, 0) is 69.7 Å². The van der Waals surface area contributed by atoms with Crippen molar-refractivity contribution < 1.29 is 18.0 Å². The number of halogens is 1. The van der Waals surface area contributed by atoms with E-state index in [-0.39, 0.29) is 23.4 Å². The fourth-order valence-electron chi connectivity index (χ4n) is 3.73. The van der Waals surface area contributed by atoms with Crippen LogP contribution in [0, 0.1) is 6.92 Å². The van der Waals surface area contributed by atoms with Gasteiger partial charge < -0.3 is 10.2 Å². The van der Waals surface area contributed by atoms with E-state index in [1.807, 2.05) is 45.0 Å². The van der Waals surface area contributed by atoms with Gasteiger partial charge in [0.05, 0.1) is 10.6 Å². The fraction of sp³-hybridized carbons (Fsp3) is 0.286. The Morgan fingerprint density at radius 1 is 0.892 bits per heavy atom. The first kappa shape index (κ1) is 28.4. The van der Waals surface area contributed by atoms with Crippen LogP contribution >= 0.6 is 15.9 Å². The molecule has 0 saturated heterocycles. The minimum atomic E-state index is -4.07. The second kappa shape index (κ2) is 12.4. The topological polar surface area (TPSA) is 86.8 Å². The molecule has 196 valence electrons. The number of hydrogen-bond donors (Lipinski definition) is 1. The smallest absolute Gasteiger partial charge is 0.264 e. The summed E-state index contributed by atoms with van der Waals surface area (Å²) in [6.07, 6.45) is 0. The van der Waals surface area contributed by atoms with Gasteiger partial charge >= 0.3 is 0 Å².